The molecule has 3 rings (SSSR count). The first kappa shape index (κ1) is 22.4. The maximum Gasteiger partial charge on any atom is 0.416 e. The van der Waals surface area contributed by atoms with Gasteiger partial charge in [0.2, 0.25) is 11.8 Å². The first-order valence-corrected chi connectivity index (χ1v) is 9.83. The molecule has 1 heterocycles. The molecule has 3 amide bonds. The highest BCUT2D eigenvalue weighted by Crippen LogP contribution is 2.31. The molecule has 0 bridgehead atoms. The van der Waals surface area contributed by atoms with Crippen LogP contribution in [-0.2, 0) is 15.8 Å². The summed E-state index contributed by atoms with van der Waals surface area (Å²) in [7, 11) is 0. The molecule has 1 saturated carbocycles. The van der Waals surface area contributed by atoms with Crippen molar-refractivity contribution in [2.24, 2.45) is 0 Å². The van der Waals surface area contributed by atoms with Crippen LogP contribution < -0.4 is 15.5 Å². The number of carbonyl (C=O) groups is 3. The van der Waals surface area contributed by atoms with E-state index in [2.05, 4.69) is 10.6 Å². The fourth-order valence-corrected chi connectivity index (χ4v) is 3.41. The van der Waals surface area contributed by atoms with Crippen molar-refractivity contribution in [3.8, 4) is 0 Å². The fourth-order valence-electron chi connectivity index (χ4n) is 3.41. The highest BCUT2D eigenvalue weighted by atomic mass is 19.4. The van der Waals surface area contributed by atoms with Crippen LogP contribution >= 0.6 is 0 Å². The Morgan fingerprint density at radius 2 is 1.84 bits per heavy atom. The summed E-state index contributed by atoms with van der Waals surface area (Å²) in [6, 6.07) is 7.04. The minimum absolute atomic E-state index is 0.00961. The number of alkyl halides is 3. The number of benzene rings is 1. The van der Waals surface area contributed by atoms with Gasteiger partial charge in [-0.05, 0) is 43.2 Å². The number of amides is 3. The number of rotatable bonds is 7. The van der Waals surface area contributed by atoms with E-state index in [9.17, 15) is 27.6 Å². The second-order valence-corrected chi connectivity index (χ2v) is 7.24. The zero-order valence-electron chi connectivity index (χ0n) is 16.6. The predicted molar refractivity (Wildman–Crippen MR) is 105 cm³/mol. The molecule has 1 fully saturated rings. The molecule has 0 radical (unpaired) electrons. The monoisotopic (exact) mass is 437 g/mol. The molecule has 1 aromatic carbocycles. The number of carbonyl (C=O) groups excluding carboxylic acids is 3. The van der Waals surface area contributed by atoms with Crippen LogP contribution in [0.25, 0.3) is 0 Å². The lowest BCUT2D eigenvalue weighted by molar-refractivity contribution is -0.137. The number of furan rings is 1. The van der Waals surface area contributed by atoms with Gasteiger partial charge in [0.25, 0.3) is 5.91 Å². The van der Waals surface area contributed by atoms with Gasteiger partial charge in [-0.1, -0.05) is 18.9 Å². The molecule has 166 valence electrons. The predicted octanol–water partition coefficient (Wildman–Crippen LogP) is 3.12. The molecular weight excluding hydrogens is 415 g/mol. The highest BCUT2D eigenvalue weighted by molar-refractivity contribution is 6.02. The van der Waals surface area contributed by atoms with E-state index in [1.54, 1.807) is 0 Å². The maximum atomic E-state index is 13.1. The smallest absolute Gasteiger partial charge is 0.416 e. The number of hydrogen-bond donors (Lipinski definition) is 2. The zero-order valence-corrected chi connectivity index (χ0v) is 16.6. The van der Waals surface area contributed by atoms with Crippen molar-refractivity contribution >= 4 is 23.4 Å². The highest BCUT2D eigenvalue weighted by Gasteiger charge is 2.32. The molecule has 0 saturated heterocycles. The SMILES string of the molecule is O=C(CN(C(=O)CNC(=O)c1ccco1)c1cccc(C(F)(F)F)c1)NC1CCCC1. The van der Waals surface area contributed by atoms with Crippen LogP contribution in [0, 0.1) is 0 Å². The second-order valence-electron chi connectivity index (χ2n) is 7.24. The van der Waals surface area contributed by atoms with E-state index in [1.807, 2.05) is 0 Å². The Morgan fingerprint density at radius 1 is 1.10 bits per heavy atom. The van der Waals surface area contributed by atoms with Gasteiger partial charge in [0.1, 0.15) is 6.54 Å². The van der Waals surface area contributed by atoms with Gasteiger partial charge >= 0.3 is 6.18 Å². The Hall–Kier alpha value is -3.30. The van der Waals surface area contributed by atoms with Crippen molar-refractivity contribution < 1.29 is 32.0 Å². The normalized spacial score (nSPS) is 14.3. The molecule has 1 aromatic heterocycles. The van der Waals surface area contributed by atoms with Crippen molar-refractivity contribution in [2.75, 3.05) is 18.0 Å². The minimum Gasteiger partial charge on any atom is -0.459 e. The van der Waals surface area contributed by atoms with Crippen LogP contribution in [0.4, 0.5) is 18.9 Å². The van der Waals surface area contributed by atoms with E-state index >= 15 is 0 Å². The number of halogens is 3. The zero-order chi connectivity index (χ0) is 22.4. The standard InChI is InChI=1S/C21H22F3N3O4/c22-21(23,24)14-5-3-8-16(11-14)27(13-18(28)26-15-6-1-2-7-15)19(29)12-25-20(30)17-9-4-10-31-17/h3-5,8-11,15H,1-2,6-7,12-13H2,(H,25,30)(H,26,28). The summed E-state index contributed by atoms with van der Waals surface area (Å²) in [5.74, 6) is -1.88. The molecule has 0 spiro atoms. The largest absolute Gasteiger partial charge is 0.459 e. The molecular formula is C21H22F3N3O4. The lowest BCUT2D eigenvalue weighted by atomic mass is 10.1. The fraction of sp³-hybridized carbons (Fsp3) is 0.381. The van der Waals surface area contributed by atoms with E-state index in [0.717, 1.165) is 48.8 Å². The molecule has 10 heteroatoms. The topological polar surface area (TPSA) is 91.7 Å². The number of nitrogens with zero attached hydrogens (tertiary/aromatic N) is 1. The lowest BCUT2D eigenvalue weighted by Crippen LogP contribution is -2.47. The van der Waals surface area contributed by atoms with Crippen molar-refractivity contribution in [2.45, 2.75) is 37.9 Å². The molecule has 0 atom stereocenters. The summed E-state index contributed by atoms with van der Waals surface area (Å²) in [6.45, 7) is -0.986. The number of nitrogens with one attached hydrogen (secondary N) is 2. The molecule has 2 N–H and O–H groups in total. The minimum atomic E-state index is -4.61. The first-order chi connectivity index (χ1) is 14.7. The van der Waals surface area contributed by atoms with Gasteiger partial charge in [-0.15, -0.1) is 0 Å². The van der Waals surface area contributed by atoms with Crippen LogP contribution in [0.5, 0.6) is 0 Å². The van der Waals surface area contributed by atoms with Gasteiger partial charge in [-0.2, -0.15) is 13.2 Å². The van der Waals surface area contributed by atoms with Gasteiger partial charge in [-0.25, -0.2) is 0 Å². The maximum absolute atomic E-state index is 13.1. The molecule has 1 aliphatic rings. The average molecular weight is 437 g/mol. The Bertz CT molecular complexity index is 922. The molecule has 0 unspecified atom stereocenters. The van der Waals surface area contributed by atoms with E-state index in [-0.39, 0.29) is 17.5 Å². The van der Waals surface area contributed by atoms with Gasteiger partial charge in [-0.3, -0.25) is 14.4 Å². The average Bonchev–Trinajstić information content (AvgIpc) is 3.43. The molecule has 31 heavy (non-hydrogen) atoms. The van der Waals surface area contributed by atoms with Crippen LogP contribution in [0.3, 0.4) is 0 Å². The van der Waals surface area contributed by atoms with Crippen molar-refractivity contribution in [3.63, 3.8) is 0 Å². The summed E-state index contributed by atoms with van der Waals surface area (Å²) >= 11 is 0. The second kappa shape index (κ2) is 9.67. The van der Waals surface area contributed by atoms with Crippen LogP contribution in [-0.4, -0.2) is 36.9 Å². The van der Waals surface area contributed by atoms with E-state index < -0.39 is 42.6 Å². The Kier molecular flexibility index (Phi) is 6.98. The first-order valence-electron chi connectivity index (χ1n) is 9.83. The summed E-state index contributed by atoms with van der Waals surface area (Å²) in [4.78, 5) is 38.2. The van der Waals surface area contributed by atoms with E-state index in [1.165, 1.54) is 24.5 Å². The van der Waals surface area contributed by atoms with E-state index in [4.69, 9.17) is 4.42 Å². The molecule has 2 aromatic rings. The van der Waals surface area contributed by atoms with Crippen LogP contribution in [0.15, 0.2) is 47.1 Å². The third-order valence-corrected chi connectivity index (χ3v) is 4.95. The summed E-state index contributed by atoms with van der Waals surface area (Å²) in [6.07, 6.45) is 0.300. The Morgan fingerprint density at radius 3 is 2.48 bits per heavy atom. The third-order valence-electron chi connectivity index (χ3n) is 4.95. The third kappa shape index (κ3) is 6.09. The Labute approximate surface area is 176 Å². The Balaban J connectivity index is 1.75. The number of anilines is 1. The van der Waals surface area contributed by atoms with Crippen molar-refractivity contribution in [1.82, 2.24) is 10.6 Å². The summed E-state index contributed by atoms with van der Waals surface area (Å²) in [5, 5.41) is 5.16. The molecule has 7 nitrogen and oxygen atoms in total. The summed E-state index contributed by atoms with van der Waals surface area (Å²) < 4.78 is 44.3. The van der Waals surface area contributed by atoms with Crippen molar-refractivity contribution in [1.29, 1.82) is 0 Å². The molecule has 1 aliphatic carbocycles. The summed E-state index contributed by atoms with van der Waals surface area (Å²) in [5.41, 5.74) is -1.03. The van der Waals surface area contributed by atoms with E-state index in [0.29, 0.717) is 0 Å². The van der Waals surface area contributed by atoms with Gasteiger partial charge in [0.05, 0.1) is 18.4 Å². The number of hydrogen-bond acceptors (Lipinski definition) is 4. The van der Waals surface area contributed by atoms with Crippen LogP contribution in [0.2, 0.25) is 0 Å². The van der Waals surface area contributed by atoms with Gasteiger partial charge in [0.15, 0.2) is 5.76 Å². The quantitative estimate of drug-likeness (QED) is 0.696. The van der Waals surface area contributed by atoms with Crippen molar-refractivity contribution in [3.05, 3.63) is 54.0 Å². The lowest BCUT2D eigenvalue weighted by Gasteiger charge is -2.24. The van der Waals surface area contributed by atoms with Crippen LogP contribution in [0.1, 0.15) is 41.8 Å². The van der Waals surface area contributed by atoms with Gasteiger partial charge < -0.3 is 20.0 Å². The van der Waals surface area contributed by atoms with Gasteiger partial charge in [0, 0.05) is 11.7 Å². The molecule has 0 aliphatic heterocycles.